The fourth-order valence-electron chi connectivity index (χ4n) is 1.17. The van der Waals surface area contributed by atoms with Gasteiger partial charge in [0, 0.05) is 12.6 Å². The Morgan fingerprint density at radius 1 is 1.53 bits per heavy atom. The van der Waals surface area contributed by atoms with E-state index in [2.05, 4.69) is 10.1 Å². The molecular weight excluding hydrogens is 237 g/mol. The van der Waals surface area contributed by atoms with E-state index in [0.717, 1.165) is 0 Å². The molecule has 0 aliphatic carbocycles. The predicted molar refractivity (Wildman–Crippen MR) is 58.8 cm³/mol. The summed E-state index contributed by atoms with van der Waals surface area (Å²) in [7, 11) is 1.74. The highest BCUT2D eigenvalue weighted by molar-refractivity contribution is 7.71. The maximum Gasteiger partial charge on any atom is 0.216 e. The first kappa shape index (κ1) is 10.3. The minimum Gasteiger partial charge on any atom is -0.279 e. The van der Waals surface area contributed by atoms with E-state index < -0.39 is 5.82 Å². The Kier molecular flexibility index (Phi) is 2.58. The summed E-state index contributed by atoms with van der Waals surface area (Å²) >= 11 is 10.5. The molecule has 0 saturated heterocycles. The van der Waals surface area contributed by atoms with Gasteiger partial charge in [0.2, 0.25) is 4.77 Å². The van der Waals surface area contributed by atoms with Gasteiger partial charge >= 0.3 is 0 Å². The third-order valence-corrected chi connectivity index (χ3v) is 2.63. The van der Waals surface area contributed by atoms with Crippen molar-refractivity contribution in [2.24, 2.45) is 7.05 Å². The van der Waals surface area contributed by atoms with Crippen LogP contribution in [0, 0.1) is 10.6 Å². The van der Waals surface area contributed by atoms with Gasteiger partial charge in [0.25, 0.3) is 0 Å². The number of hydrogen-bond donors (Lipinski definition) is 1. The molecule has 0 spiro atoms. The average Bonchev–Trinajstić information content (AvgIpc) is 2.52. The van der Waals surface area contributed by atoms with E-state index in [0.29, 0.717) is 16.2 Å². The molecule has 6 heteroatoms. The Bertz CT molecular complexity index is 561. The average molecular weight is 244 g/mol. The van der Waals surface area contributed by atoms with Crippen LogP contribution in [-0.4, -0.2) is 14.8 Å². The maximum atomic E-state index is 13.2. The summed E-state index contributed by atoms with van der Waals surface area (Å²) in [5.41, 5.74) is 0.614. The number of aromatic amines is 1. The van der Waals surface area contributed by atoms with Crippen molar-refractivity contribution in [3.63, 3.8) is 0 Å². The molecule has 1 aromatic heterocycles. The van der Waals surface area contributed by atoms with Gasteiger partial charge < -0.3 is 0 Å². The second-order valence-electron chi connectivity index (χ2n) is 3.04. The van der Waals surface area contributed by atoms with E-state index in [1.54, 1.807) is 17.8 Å². The van der Waals surface area contributed by atoms with Crippen LogP contribution in [0.4, 0.5) is 4.39 Å². The van der Waals surface area contributed by atoms with Gasteiger partial charge in [-0.1, -0.05) is 11.6 Å². The molecule has 0 saturated carbocycles. The van der Waals surface area contributed by atoms with Crippen LogP contribution in [0.2, 0.25) is 5.02 Å². The van der Waals surface area contributed by atoms with Crippen molar-refractivity contribution in [2.75, 3.05) is 0 Å². The molecule has 0 amide bonds. The summed E-state index contributed by atoms with van der Waals surface area (Å²) < 4.78 is 15.2. The van der Waals surface area contributed by atoms with Crippen LogP contribution in [0.15, 0.2) is 18.2 Å². The number of aryl methyl sites for hydroxylation is 1. The molecule has 1 aromatic carbocycles. The molecule has 0 aliphatic rings. The van der Waals surface area contributed by atoms with Crippen molar-refractivity contribution in [3.05, 3.63) is 33.8 Å². The lowest BCUT2D eigenvalue weighted by Gasteiger charge is -1.98. The lowest BCUT2D eigenvalue weighted by Crippen LogP contribution is -1.89. The second kappa shape index (κ2) is 3.75. The molecule has 0 atom stereocenters. The monoisotopic (exact) mass is 243 g/mol. The number of rotatable bonds is 1. The van der Waals surface area contributed by atoms with Crippen molar-refractivity contribution >= 4 is 23.8 Å². The molecule has 2 aromatic rings. The van der Waals surface area contributed by atoms with E-state index in [1.807, 2.05) is 0 Å². The highest BCUT2D eigenvalue weighted by Gasteiger charge is 2.06. The highest BCUT2D eigenvalue weighted by atomic mass is 35.5. The van der Waals surface area contributed by atoms with Crippen LogP contribution in [-0.2, 0) is 7.05 Å². The fraction of sp³-hybridized carbons (Fsp3) is 0.111. The van der Waals surface area contributed by atoms with Gasteiger partial charge in [0.05, 0.1) is 5.02 Å². The van der Waals surface area contributed by atoms with E-state index >= 15 is 0 Å². The van der Waals surface area contributed by atoms with Crippen molar-refractivity contribution in [1.29, 1.82) is 0 Å². The lowest BCUT2D eigenvalue weighted by molar-refractivity contribution is 0.628. The van der Waals surface area contributed by atoms with Crippen molar-refractivity contribution < 1.29 is 4.39 Å². The Hall–Kier alpha value is -1.20. The first-order chi connectivity index (χ1) is 7.08. The van der Waals surface area contributed by atoms with Crippen molar-refractivity contribution in [3.8, 4) is 11.4 Å². The molecule has 0 radical (unpaired) electrons. The minimum atomic E-state index is -0.473. The van der Waals surface area contributed by atoms with Crippen LogP contribution < -0.4 is 0 Å². The summed E-state index contributed by atoms with van der Waals surface area (Å²) in [6.45, 7) is 0. The lowest BCUT2D eigenvalue weighted by atomic mass is 10.2. The zero-order valence-electron chi connectivity index (χ0n) is 7.79. The maximum absolute atomic E-state index is 13.2. The van der Waals surface area contributed by atoms with E-state index in [-0.39, 0.29) is 5.02 Å². The van der Waals surface area contributed by atoms with E-state index in [9.17, 15) is 4.39 Å². The Labute approximate surface area is 95.5 Å². The van der Waals surface area contributed by atoms with Gasteiger partial charge in [0.1, 0.15) is 5.82 Å². The van der Waals surface area contributed by atoms with E-state index in [4.69, 9.17) is 23.8 Å². The largest absolute Gasteiger partial charge is 0.279 e. The SMILES string of the molecule is Cn1[nH]c(-c2ccc(Cl)c(F)c2)nc1=S. The summed E-state index contributed by atoms with van der Waals surface area (Å²) in [5, 5.41) is 2.99. The van der Waals surface area contributed by atoms with Crippen molar-refractivity contribution in [1.82, 2.24) is 14.8 Å². The van der Waals surface area contributed by atoms with Gasteiger partial charge in [-0.25, -0.2) is 4.39 Å². The number of nitrogens with one attached hydrogen (secondary N) is 1. The number of hydrogen-bond acceptors (Lipinski definition) is 2. The third kappa shape index (κ3) is 1.93. The van der Waals surface area contributed by atoms with Gasteiger partial charge in [-0.05, 0) is 30.4 Å². The van der Waals surface area contributed by atoms with E-state index in [1.165, 1.54) is 12.1 Å². The topological polar surface area (TPSA) is 33.6 Å². The molecule has 2 rings (SSSR count). The van der Waals surface area contributed by atoms with Crippen LogP contribution in [0.25, 0.3) is 11.4 Å². The molecule has 15 heavy (non-hydrogen) atoms. The first-order valence-electron chi connectivity index (χ1n) is 4.16. The second-order valence-corrected chi connectivity index (χ2v) is 3.82. The quantitative estimate of drug-likeness (QED) is 0.782. The number of nitrogens with zero attached hydrogens (tertiary/aromatic N) is 2. The van der Waals surface area contributed by atoms with Gasteiger partial charge in [-0.3, -0.25) is 9.78 Å². The highest BCUT2D eigenvalue weighted by Crippen LogP contribution is 2.21. The summed E-state index contributed by atoms with van der Waals surface area (Å²) in [6, 6.07) is 4.48. The molecule has 0 fully saturated rings. The normalized spacial score (nSPS) is 10.6. The number of benzene rings is 1. The Balaban J connectivity index is 2.54. The van der Waals surface area contributed by atoms with Crippen LogP contribution in [0.3, 0.4) is 0 Å². The van der Waals surface area contributed by atoms with Crippen LogP contribution in [0.1, 0.15) is 0 Å². The number of halogens is 2. The molecule has 0 bridgehead atoms. The minimum absolute atomic E-state index is 0.0910. The molecule has 0 aliphatic heterocycles. The fourth-order valence-corrected chi connectivity index (χ4v) is 1.43. The smallest absolute Gasteiger partial charge is 0.216 e. The zero-order chi connectivity index (χ0) is 11.0. The summed E-state index contributed by atoms with van der Waals surface area (Å²) in [5.74, 6) is 0.0530. The Morgan fingerprint density at radius 3 is 2.80 bits per heavy atom. The zero-order valence-corrected chi connectivity index (χ0v) is 9.36. The summed E-state index contributed by atoms with van der Waals surface area (Å²) in [4.78, 5) is 4.06. The van der Waals surface area contributed by atoms with Crippen LogP contribution in [0.5, 0.6) is 0 Å². The molecule has 3 nitrogen and oxygen atoms in total. The van der Waals surface area contributed by atoms with Gasteiger partial charge in [0.15, 0.2) is 5.82 Å². The molecular formula is C9H7ClFN3S. The number of aromatic nitrogens is 3. The molecule has 1 N–H and O–H groups in total. The number of H-pyrrole nitrogens is 1. The first-order valence-corrected chi connectivity index (χ1v) is 4.95. The Morgan fingerprint density at radius 2 is 2.27 bits per heavy atom. The van der Waals surface area contributed by atoms with Crippen LogP contribution >= 0.6 is 23.8 Å². The molecule has 78 valence electrons. The van der Waals surface area contributed by atoms with Gasteiger partial charge in [-0.15, -0.1) is 0 Å². The van der Waals surface area contributed by atoms with Gasteiger partial charge in [-0.2, -0.15) is 4.98 Å². The predicted octanol–water partition coefficient (Wildman–Crippen LogP) is 2.94. The summed E-state index contributed by atoms with van der Waals surface area (Å²) in [6.07, 6.45) is 0. The molecule has 1 heterocycles. The standard InChI is InChI=1S/C9H7ClFN3S/c1-14-9(15)12-8(13-14)5-2-3-6(10)7(11)4-5/h2-4H,1H3,(H,12,13,15). The molecule has 0 unspecified atom stereocenters. The van der Waals surface area contributed by atoms with Crippen molar-refractivity contribution in [2.45, 2.75) is 0 Å². The third-order valence-electron chi connectivity index (χ3n) is 1.96.